The molecule has 1 amide bonds. The summed E-state index contributed by atoms with van der Waals surface area (Å²) in [6.45, 7) is 1.54. The zero-order valence-electron chi connectivity index (χ0n) is 15.9. The van der Waals surface area contributed by atoms with Crippen LogP contribution in [0.5, 0.6) is 0 Å². The maximum absolute atomic E-state index is 12.4. The van der Waals surface area contributed by atoms with Crippen molar-refractivity contribution in [3.8, 4) is 21.1 Å². The minimum Gasteiger partial charge on any atom is -0.452 e. The fraction of sp³-hybridized carbons (Fsp3) is 0.143. The zero-order valence-corrected chi connectivity index (χ0v) is 18.4. The SMILES string of the molecule is CC(OC(=O)Cc1csc(-c2cccs2)n1)C(=O)Nc1nc(-c2ccccc2)cs1. The summed E-state index contributed by atoms with van der Waals surface area (Å²) in [6, 6.07) is 13.6. The van der Waals surface area contributed by atoms with Crippen LogP contribution in [0.2, 0.25) is 0 Å². The molecule has 9 heteroatoms. The molecule has 0 bridgehead atoms. The number of nitrogens with one attached hydrogen (secondary N) is 1. The maximum Gasteiger partial charge on any atom is 0.312 e. The number of amides is 1. The van der Waals surface area contributed by atoms with Gasteiger partial charge in [-0.1, -0.05) is 36.4 Å². The van der Waals surface area contributed by atoms with Crippen LogP contribution in [0.15, 0.2) is 58.6 Å². The molecule has 3 aromatic heterocycles. The lowest BCUT2D eigenvalue weighted by atomic mass is 10.2. The van der Waals surface area contributed by atoms with Crippen molar-refractivity contribution in [3.63, 3.8) is 0 Å². The molecular formula is C21H17N3O3S3. The zero-order chi connectivity index (χ0) is 20.9. The van der Waals surface area contributed by atoms with Crippen molar-refractivity contribution >= 4 is 51.0 Å². The number of esters is 1. The number of carbonyl (C=O) groups is 2. The van der Waals surface area contributed by atoms with E-state index < -0.39 is 18.0 Å². The summed E-state index contributed by atoms with van der Waals surface area (Å²) >= 11 is 4.40. The lowest BCUT2D eigenvalue weighted by molar-refractivity contribution is -0.152. The Bertz CT molecular complexity index is 1140. The highest BCUT2D eigenvalue weighted by molar-refractivity contribution is 7.20. The Balaban J connectivity index is 1.30. The molecule has 0 saturated heterocycles. The van der Waals surface area contributed by atoms with Gasteiger partial charge in [-0.25, -0.2) is 9.97 Å². The summed E-state index contributed by atoms with van der Waals surface area (Å²) in [5, 5.41) is 9.72. The number of thiazole rings is 2. The van der Waals surface area contributed by atoms with E-state index in [9.17, 15) is 9.59 Å². The Kier molecular flexibility index (Phi) is 6.32. The van der Waals surface area contributed by atoms with Gasteiger partial charge in [-0.3, -0.25) is 14.9 Å². The third kappa shape index (κ3) is 4.99. The standard InChI is InChI=1S/C21H17N3O3S3/c1-13(19(26)24-21-23-16(12-30-21)14-6-3-2-4-7-14)27-18(25)10-15-11-29-20(22-15)17-8-5-9-28-17/h2-9,11-13H,10H2,1H3,(H,23,24,26). The molecule has 30 heavy (non-hydrogen) atoms. The second-order valence-corrected chi connectivity index (χ2v) is 8.99. The van der Waals surface area contributed by atoms with Crippen LogP contribution in [0.4, 0.5) is 5.13 Å². The van der Waals surface area contributed by atoms with Crippen molar-refractivity contribution in [2.45, 2.75) is 19.4 Å². The highest BCUT2D eigenvalue weighted by atomic mass is 32.1. The molecule has 1 N–H and O–H groups in total. The largest absolute Gasteiger partial charge is 0.452 e. The average molecular weight is 456 g/mol. The third-order valence-corrected chi connectivity index (χ3v) is 6.78. The van der Waals surface area contributed by atoms with Gasteiger partial charge >= 0.3 is 5.97 Å². The first-order valence-corrected chi connectivity index (χ1v) is 11.7. The van der Waals surface area contributed by atoms with E-state index in [1.807, 2.05) is 58.6 Å². The molecule has 152 valence electrons. The number of anilines is 1. The molecule has 1 atom stereocenters. The smallest absolute Gasteiger partial charge is 0.312 e. The quantitative estimate of drug-likeness (QED) is 0.392. The summed E-state index contributed by atoms with van der Waals surface area (Å²) < 4.78 is 5.27. The van der Waals surface area contributed by atoms with E-state index in [0.29, 0.717) is 10.8 Å². The topological polar surface area (TPSA) is 81.2 Å². The number of hydrogen-bond donors (Lipinski definition) is 1. The number of benzene rings is 1. The summed E-state index contributed by atoms with van der Waals surface area (Å²) in [6.07, 6.45) is -0.911. The first-order chi connectivity index (χ1) is 14.6. The minimum atomic E-state index is -0.933. The van der Waals surface area contributed by atoms with Crippen LogP contribution in [0.1, 0.15) is 12.6 Å². The highest BCUT2D eigenvalue weighted by Gasteiger charge is 2.20. The van der Waals surface area contributed by atoms with E-state index in [4.69, 9.17) is 4.74 Å². The van der Waals surface area contributed by atoms with Crippen LogP contribution in [-0.2, 0) is 20.7 Å². The van der Waals surface area contributed by atoms with Crippen molar-refractivity contribution in [3.05, 3.63) is 64.3 Å². The number of aromatic nitrogens is 2. The Morgan fingerprint density at radius 2 is 1.87 bits per heavy atom. The third-order valence-electron chi connectivity index (χ3n) is 4.09. The van der Waals surface area contributed by atoms with Crippen molar-refractivity contribution in [2.24, 2.45) is 0 Å². The molecule has 0 radical (unpaired) electrons. The van der Waals surface area contributed by atoms with E-state index in [1.54, 1.807) is 11.3 Å². The minimum absolute atomic E-state index is 0.0227. The molecule has 0 aliphatic heterocycles. The van der Waals surface area contributed by atoms with Gasteiger partial charge in [-0.15, -0.1) is 34.0 Å². The fourth-order valence-electron chi connectivity index (χ4n) is 2.62. The predicted molar refractivity (Wildman–Crippen MR) is 121 cm³/mol. The number of rotatable bonds is 7. The molecular weight excluding hydrogens is 438 g/mol. The second-order valence-electron chi connectivity index (χ2n) is 6.32. The molecule has 4 rings (SSSR count). The van der Waals surface area contributed by atoms with Crippen LogP contribution in [-0.4, -0.2) is 27.9 Å². The van der Waals surface area contributed by atoms with E-state index in [-0.39, 0.29) is 6.42 Å². The van der Waals surface area contributed by atoms with Gasteiger partial charge in [0.2, 0.25) is 0 Å². The van der Waals surface area contributed by atoms with E-state index in [0.717, 1.165) is 21.1 Å². The van der Waals surface area contributed by atoms with Gasteiger partial charge in [0.1, 0.15) is 5.01 Å². The van der Waals surface area contributed by atoms with E-state index >= 15 is 0 Å². The number of carbonyl (C=O) groups excluding carboxylic acids is 2. The molecule has 6 nitrogen and oxygen atoms in total. The van der Waals surface area contributed by atoms with Gasteiger partial charge < -0.3 is 4.74 Å². The number of hydrogen-bond acceptors (Lipinski definition) is 8. The van der Waals surface area contributed by atoms with Crippen LogP contribution >= 0.6 is 34.0 Å². The number of thiophene rings is 1. The molecule has 4 aromatic rings. The summed E-state index contributed by atoms with van der Waals surface area (Å²) in [4.78, 5) is 34.5. The Morgan fingerprint density at radius 3 is 2.63 bits per heavy atom. The number of nitrogens with zero attached hydrogens (tertiary/aromatic N) is 2. The lowest BCUT2D eigenvalue weighted by Crippen LogP contribution is -2.30. The van der Waals surface area contributed by atoms with Gasteiger partial charge in [0.15, 0.2) is 11.2 Å². The molecule has 0 fully saturated rings. The molecule has 0 saturated carbocycles. The van der Waals surface area contributed by atoms with E-state index in [1.165, 1.54) is 29.6 Å². The molecule has 0 aliphatic rings. The average Bonchev–Trinajstić information content (AvgIpc) is 3.50. The van der Waals surface area contributed by atoms with Gasteiger partial charge in [0.25, 0.3) is 5.91 Å². The predicted octanol–water partition coefficient (Wildman–Crippen LogP) is 5.11. The van der Waals surface area contributed by atoms with Crippen molar-refractivity contribution in [2.75, 3.05) is 5.32 Å². The van der Waals surface area contributed by atoms with Crippen molar-refractivity contribution in [1.29, 1.82) is 0 Å². The summed E-state index contributed by atoms with van der Waals surface area (Å²) in [5.74, 6) is -0.917. The monoisotopic (exact) mass is 455 g/mol. The molecule has 1 unspecified atom stereocenters. The van der Waals surface area contributed by atoms with Crippen LogP contribution in [0, 0.1) is 0 Å². The van der Waals surface area contributed by atoms with E-state index in [2.05, 4.69) is 15.3 Å². The Labute approximate surface area is 185 Å². The lowest BCUT2D eigenvalue weighted by Gasteiger charge is -2.11. The van der Waals surface area contributed by atoms with Gasteiger partial charge in [0.05, 0.1) is 22.7 Å². The second kappa shape index (κ2) is 9.29. The fourth-order valence-corrected chi connectivity index (χ4v) is 4.98. The van der Waals surface area contributed by atoms with Crippen LogP contribution in [0.25, 0.3) is 21.1 Å². The summed E-state index contributed by atoms with van der Waals surface area (Å²) in [5.41, 5.74) is 2.39. The van der Waals surface area contributed by atoms with Gasteiger partial charge in [0, 0.05) is 16.3 Å². The van der Waals surface area contributed by atoms with Crippen molar-refractivity contribution < 1.29 is 14.3 Å². The Morgan fingerprint density at radius 1 is 1.03 bits per heavy atom. The molecule has 1 aromatic carbocycles. The molecule has 0 aliphatic carbocycles. The maximum atomic E-state index is 12.4. The molecule has 0 spiro atoms. The first-order valence-electron chi connectivity index (χ1n) is 9.08. The summed E-state index contributed by atoms with van der Waals surface area (Å²) in [7, 11) is 0. The first kappa shape index (κ1) is 20.4. The van der Waals surface area contributed by atoms with Crippen LogP contribution in [0.3, 0.4) is 0 Å². The van der Waals surface area contributed by atoms with Gasteiger partial charge in [-0.05, 0) is 18.4 Å². The molecule has 3 heterocycles. The highest BCUT2D eigenvalue weighted by Crippen LogP contribution is 2.28. The van der Waals surface area contributed by atoms with Crippen molar-refractivity contribution in [1.82, 2.24) is 9.97 Å². The van der Waals surface area contributed by atoms with Crippen LogP contribution < -0.4 is 5.32 Å². The number of ether oxygens (including phenoxy) is 1. The Hall–Kier alpha value is -2.88. The normalized spacial score (nSPS) is 11.8. The van der Waals surface area contributed by atoms with Gasteiger partial charge in [-0.2, -0.15) is 0 Å².